The molecule has 122 valence electrons. The average Bonchev–Trinajstić information content (AvgIpc) is 3.05. The van der Waals surface area contributed by atoms with E-state index in [0.29, 0.717) is 11.4 Å². The number of carbonyl (C=O) groups is 2. The number of nitrogens with zero attached hydrogens (tertiary/aromatic N) is 1. The Labute approximate surface area is 140 Å². The second-order valence-corrected chi connectivity index (χ2v) is 6.40. The summed E-state index contributed by atoms with van der Waals surface area (Å²) < 4.78 is 0. The summed E-state index contributed by atoms with van der Waals surface area (Å²) in [5.74, 6) is -1.08. The van der Waals surface area contributed by atoms with Crippen molar-refractivity contribution in [1.82, 2.24) is 4.90 Å². The molecule has 23 heavy (non-hydrogen) atoms. The van der Waals surface area contributed by atoms with Gasteiger partial charge in [0.1, 0.15) is 4.88 Å². The predicted molar refractivity (Wildman–Crippen MR) is 92.2 cm³/mol. The number of aromatic carboxylic acids is 1. The maximum atomic E-state index is 12.7. The predicted octanol–water partition coefficient (Wildman–Crippen LogP) is 3.93. The summed E-state index contributed by atoms with van der Waals surface area (Å²) in [6, 6.07) is 13.3. The van der Waals surface area contributed by atoms with E-state index in [1.54, 1.807) is 6.07 Å². The van der Waals surface area contributed by atoms with Gasteiger partial charge in [-0.3, -0.25) is 4.79 Å². The third-order valence-corrected chi connectivity index (χ3v) is 4.92. The summed E-state index contributed by atoms with van der Waals surface area (Å²) in [5.41, 5.74) is 1.20. The Balaban J connectivity index is 2.18. The molecule has 0 radical (unpaired) electrons. The SMILES string of the molecule is CCC(Cc1ccccc1)N(CC)C(=O)c1ccc(C(=O)O)s1. The van der Waals surface area contributed by atoms with Crippen LogP contribution in [0.15, 0.2) is 42.5 Å². The van der Waals surface area contributed by atoms with Crippen LogP contribution in [0.2, 0.25) is 0 Å². The minimum Gasteiger partial charge on any atom is -0.477 e. The number of hydrogen-bond donors (Lipinski definition) is 1. The van der Waals surface area contributed by atoms with Gasteiger partial charge < -0.3 is 10.0 Å². The first-order chi connectivity index (χ1) is 11.1. The number of amides is 1. The van der Waals surface area contributed by atoms with Gasteiger partial charge in [0.25, 0.3) is 5.91 Å². The Kier molecular flexibility index (Phi) is 5.93. The van der Waals surface area contributed by atoms with Crippen LogP contribution >= 0.6 is 11.3 Å². The molecule has 0 aliphatic rings. The first-order valence-corrected chi connectivity index (χ1v) is 8.56. The molecule has 1 aromatic carbocycles. The van der Waals surface area contributed by atoms with Crippen LogP contribution in [-0.4, -0.2) is 34.5 Å². The average molecular weight is 331 g/mol. The van der Waals surface area contributed by atoms with E-state index in [1.807, 2.05) is 30.0 Å². The lowest BCUT2D eigenvalue weighted by molar-refractivity contribution is 0.0685. The van der Waals surface area contributed by atoms with Gasteiger partial charge in [-0.15, -0.1) is 11.3 Å². The Morgan fingerprint density at radius 3 is 2.26 bits per heavy atom. The van der Waals surface area contributed by atoms with Crippen molar-refractivity contribution in [3.05, 3.63) is 57.8 Å². The highest BCUT2D eigenvalue weighted by Gasteiger charge is 2.24. The zero-order valence-corrected chi connectivity index (χ0v) is 14.2. The number of likely N-dealkylation sites (N-methyl/N-ethyl adjacent to an activating group) is 1. The van der Waals surface area contributed by atoms with Crippen LogP contribution in [-0.2, 0) is 6.42 Å². The summed E-state index contributed by atoms with van der Waals surface area (Å²) in [6.45, 7) is 4.63. The first kappa shape index (κ1) is 17.2. The van der Waals surface area contributed by atoms with Crippen LogP contribution in [0, 0.1) is 0 Å². The summed E-state index contributed by atoms with van der Waals surface area (Å²) in [4.78, 5) is 26.3. The Morgan fingerprint density at radius 1 is 1.09 bits per heavy atom. The standard InChI is InChI=1S/C18H21NO3S/c1-3-14(12-13-8-6-5-7-9-13)19(4-2)17(20)15-10-11-16(23-15)18(21)22/h5-11,14H,3-4,12H2,1-2H3,(H,21,22). The van der Waals surface area contributed by atoms with Gasteiger partial charge in [0.2, 0.25) is 0 Å². The highest BCUT2D eigenvalue weighted by atomic mass is 32.1. The van der Waals surface area contributed by atoms with Gasteiger partial charge in [-0.05, 0) is 37.5 Å². The third-order valence-electron chi connectivity index (χ3n) is 3.86. The number of benzene rings is 1. The summed E-state index contributed by atoms with van der Waals surface area (Å²) in [7, 11) is 0. The van der Waals surface area contributed by atoms with Crippen molar-refractivity contribution in [1.29, 1.82) is 0 Å². The van der Waals surface area contributed by atoms with Gasteiger partial charge in [0.05, 0.1) is 4.88 Å². The molecule has 1 aromatic heterocycles. The third kappa shape index (κ3) is 4.20. The van der Waals surface area contributed by atoms with Gasteiger partial charge in [0.15, 0.2) is 0 Å². The highest BCUT2D eigenvalue weighted by molar-refractivity contribution is 7.15. The van der Waals surface area contributed by atoms with Gasteiger partial charge in [-0.1, -0.05) is 37.3 Å². The molecule has 0 fully saturated rings. The molecule has 0 aliphatic heterocycles. The number of carboxylic acids is 1. The number of carbonyl (C=O) groups excluding carboxylic acids is 1. The topological polar surface area (TPSA) is 57.6 Å². The minimum absolute atomic E-state index is 0.0900. The van der Waals surface area contributed by atoms with Gasteiger partial charge >= 0.3 is 5.97 Å². The maximum absolute atomic E-state index is 12.7. The fraction of sp³-hybridized carbons (Fsp3) is 0.333. The number of thiophene rings is 1. The molecule has 0 spiro atoms. The van der Waals surface area contributed by atoms with Crippen molar-refractivity contribution in [3.8, 4) is 0 Å². The molecule has 1 N–H and O–H groups in total. The first-order valence-electron chi connectivity index (χ1n) is 7.74. The molecule has 0 bridgehead atoms. The van der Waals surface area contributed by atoms with Crippen molar-refractivity contribution in [3.63, 3.8) is 0 Å². The van der Waals surface area contributed by atoms with E-state index < -0.39 is 5.97 Å². The van der Waals surface area contributed by atoms with Crippen LogP contribution in [0.25, 0.3) is 0 Å². The van der Waals surface area contributed by atoms with E-state index in [2.05, 4.69) is 19.1 Å². The van der Waals surface area contributed by atoms with Crippen LogP contribution in [0.1, 0.15) is 45.2 Å². The Hall–Kier alpha value is -2.14. The molecule has 2 rings (SSSR count). The number of rotatable bonds is 7. The molecule has 1 amide bonds. The summed E-state index contributed by atoms with van der Waals surface area (Å²) in [6.07, 6.45) is 1.65. The smallest absolute Gasteiger partial charge is 0.345 e. The largest absolute Gasteiger partial charge is 0.477 e. The van der Waals surface area contributed by atoms with Crippen molar-refractivity contribution in [2.45, 2.75) is 32.7 Å². The van der Waals surface area contributed by atoms with Gasteiger partial charge in [0, 0.05) is 12.6 Å². The molecule has 1 atom stereocenters. The Bertz CT molecular complexity index is 666. The van der Waals surface area contributed by atoms with Gasteiger partial charge in [-0.25, -0.2) is 4.79 Å². The molecule has 0 aliphatic carbocycles. The molecule has 0 saturated heterocycles. The second-order valence-electron chi connectivity index (χ2n) is 5.31. The van der Waals surface area contributed by atoms with E-state index in [9.17, 15) is 9.59 Å². The van der Waals surface area contributed by atoms with Gasteiger partial charge in [-0.2, -0.15) is 0 Å². The fourth-order valence-corrected chi connectivity index (χ4v) is 3.44. The van der Waals surface area contributed by atoms with E-state index in [0.717, 1.165) is 24.2 Å². The molecule has 5 heteroatoms. The van der Waals surface area contributed by atoms with E-state index in [1.165, 1.54) is 11.6 Å². The highest BCUT2D eigenvalue weighted by Crippen LogP contribution is 2.21. The quantitative estimate of drug-likeness (QED) is 0.836. The zero-order valence-electron chi connectivity index (χ0n) is 13.4. The number of hydrogen-bond acceptors (Lipinski definition) is 3. The van der Waals surface area contributed by atoms with Crippen molar-refractivity contribution in [2.24, 2.45) is 0 Å². The lowest BCUT2D eigenvalue weighted by Gasteiger charge is -2.30. The second kappa shape index (κ2) is 7.92. The summed E-state index contributed by atoms with van der Waals surface area (Å²) in [5, 5.41) is 9.01. The Morgan fingerprint density at radius 2 is 1.74 bits per heavy atom. The van der Waals surface area contributed by atoms with Crippen molar-refractivity contribution in [2.75, 3.05) is 6.54 Å². The molecule has 4 nitrogen and oxygen atoms in total. The van der Waals surface area contributed by atoms with Crippen molar-refractivity contribution >= 4 is 23.2 Å². The lowest BCUT2D eigenvalue weighted by atomic mass is 10.0. The molecule has 2 aromatic rings. The molecular weight excluding hydrogens is 310 g/mol. The minimum atomic E-state index is -0.992. The molecule has 1 heterocycles. The summed E-state index contributed by atoms with van der Waals surface area (Å²) >= 11 is 1.04. The van der Waals surface area contributed by atoms with E-state index in [4.69, 9.17) is 5.11 Å². The molecule has 1 unspecified atom stereocenters. The van der Waals surface area contributed by atoms with Crippen LogP contribution in [0.5, 0.6) is 0 Å². The van der Waals surface area contributed by atoms with E-state index >= 15 is 0 Å². The normalized spacial score (nSPS) is 11.9. The van der Waals surface area contributed by atoms with Crippen LogP contribution < -0.4 is 0 Å². The van der Waals surface area contributed by atoms with E-state index in [-0.39, 0.29) is 16.8 Å². The molecular formula is C18H21NO3S. The lowest BCUT2D eigenvalue weighted by Crippen LogP contribution is -2.40. The van der Waals surface area contributed by atoms with Crippen molar-refractivity contribution < 1.29 is 14.7 Å². The molecule has 0 saturated carbocycles. The van der Waals surface area contributed by atoms with Crippen LogP contribution in [0.3, 0.4) is 0 Å². The maximum Gasteiger partial charge on any atom is 0.345 e. The number of carboxylic acid groups (broad SMARTS) is 1. The fourth-order valence-electron chi connectivity index (χ4n) is 2.64. The zero-order chi connectivity index (χ0) is 16.8. The monoisotopic (exact) mass is 331 g/mol. The van der Waals surface area contributed by atoms with Crippen LogP contribution in [0.4, 0.5) is 0 Å².